The lowest BCUT2D eigenvalue weighted by Crippen LogP contribution is -2.33. The molecule has 1 N–H and O–H groups in total. The van der Waals surface area contributed by atoms with E-state index in [0.29, 0.717) is 36.4 Å². The molecule has 1 saturated carbocycles. The van der Waals surface area contributed by atoms with Crippen LogP contribution < -0.4 is 0 Å². The maximum Gasteiger partial charge on any atom is 0.303 e. The molecule has 2 rings (SSSR count). The van der Waals surface area contributed by atoms with Gasteiger partial charge in [-0.15, -0.1) is 0 Å². The predicted octanol–water partition coefficient (Wildman–Crippen LogP) is 2.30. The van der Waals surface area contributed by atoms with E-state index in [-0.39, 0.29) is 0 Å². The van der Waals surface area contributed by atoms with E-state index in [9.17, 15) is 4.79 Å². The van der Waals surface area contributed by atoms with Crippen molar-refractivity contribution in [1.82, 2.24) is 0 Å². The summed E-state index contributed by atoms with van der Waals surface area (Å²) in [6.45, 7) is 4.32. The molecule has 0 spiro atoms. The summed E-state index contributed by atoms with van der Waals surface area (Å²) in [5.74, 6) is 0.665. The summed E-state index contributed by atoms with van der Waals surface area (Å²) in [6, 6.07) is 0. The van der Waals surface area contributed by atoms with Gasteiger partial charge in [-0.05, 0) is 37.5 Å². The third-order valence-corrected chi connectivity index (χ3v) is 4.21. The molecule has 15 heavy (non-hydrogen) atoms. The number of carboxylic acids is 1. The van der Waals surface area contributed by atoms with Crippen LogP contribution in [0.15, 0.2) is 0 Å². The summed E-state index contributed by atoms with van der Waals surface area (Å²) >= 11 is 0. The van der Waals surface area contributed by atoms with Gasteiger partial charge in [0.2, 0.25) is 0 Å². The van der Waals surface area contributed by atoms with E-state index < -0.39 is 5.97 Å². The van der Waals surface area contributed by atoms with Gasteiger partial charge in [0, 0.05) is 6.42 Å². The molecule has 1 aliphatic heterocycles. The molecular formula is C12H20O3. The van der Waals surface area contributed by atoms with E-state index in [2.05, 4.69) is 13.8 Å². The zero-order valence-corrected chi connectivity index (χ0v) is 9.48. The number of ether oxygens (including phenoxy) is 1. The van der Waals surface area contributed by atoms with Gasteiger partial charge in [0.15, 0.2) is 0 Å². The first-order valence-corrected chi connectivity index (χ1v) is 5.97. The Morgan fingerprint density at radius 3 is 2.80 bits per heavy atom. The first-order chi connectivity index (χ1) is 7.09. The van der Waals surface area contributed by atoms with Crippen LogP contribution in [-0.2, 0) is 9.53 Å². The SMILES string of the molecule is C[C@H]1[C@H]2[C@H](CC(=O)O)CCC[C@@H]2O[C@H]1C. The van der Waals surface area contributed by atoms with E-state index in [4.69, 9.17) is 9.84 Å². The highest BCUT2D eigenvalue weighted by Crippen LogP contribution is 2.45. The molecule has 0 aromatic carbocycles. The molecule has 1 aliphatic carbocycles. The fraction of sp³-hybridized carbons (Fsp3) is 0.917. The Morgan fingerprint density at radius 2 is 2.13 bits per heavy atom. The van der Waals surface area contributed by atoms with Gasteiger partial charge in [-0.3, -0.25) is 4.79 Å². The Kier molecular flexibility index (Phi) is 3.01. The van der Waals surface area contributed by atoms with Crippen molar-refractivity contribution in [3.8, 4) is 0 Å². The lowest BCUT2D eigenvalue weighted by atomic mass is 9.71. The normalized spacial score (nSPS) is 45.1. The number of carbonyl (C=O) groups is 1. The van der Waals surface area contributed by atoms with Crippen LogP contribution in [0.4, 0.5) is 0 Å². The molecule has 3 heteroatoms. The van der Waals surface area contributed by atoms with Crippen molar-refractivity contribution in [1.29, 1.82) is 0 Å². The molecule has 1 heterocycles. The smallest absolute Gasteiger partial charge is 0.303 e. The topological polar surface area (TPSA) is 46.5 Å². The standard InChI is InChI=1S/C12H20O3/c1-7-8(2)15-10-5-3-4-9(12(7)10)6-11(13)14/h7-10,12H,3-6H2,1-2H3,(H,13,14)/t7-,8+,9+,10+,12+/m1/s1. The summed E-state index contributed by atoms with van der Waals surface area (Å²) < 4.78 is 5.90. The molecule has 2 fully saturated rings. The molecule has 0 bridgehead atoms. The summed E-state index contributed by atoms with van der Waals surface area (Å²) in [7, 11) is 0. The lowest BCUT2D eigenvalue weighted by molar-refractivity contribution is -0.139. The molecule has 86 valence electrons. The monoisotopic (exact) mass is 212 g/mol. The summed E-state index contributed by atoms with van der Waals surface area (Å²) in [4.78, 5) is 10.8. The molecule has 2 aliphatic rings. The third-order valence-electron chi connectivity index (χ3n) is 4.21. The number of aliphatic carboxylic acids is 1. The third kappa shape index (κ3) is 2.03. The maximum absolute atomic E-state index is 10.8. The van der Waals surface area contributed by atoms with Gasteiger partial charge in [-0.25, -0.2) is 0 Å². The molecule has 0 aromatic heterocycles. The summed E-state index contributed by atoms with van der Waals surface area (Å²) in [6.07, 6.45) is 4.26. The highest BCUT2D eigenvalue weighted by molar-refractivity contribution is 5.67. The maximum atomic E-state index is 10.8. The second kappa shape index (κ2) is 4.12. The molecular weight excluding hydrogens is 192 g/mol. The minimum atomic E-state index is -0.660. The van der Waals surface area contributed by atoms with Gasteiger partial charge in [-0.2, -0.15) is 0 Å². The number of hydrogen-bond donors (Lipinski definition) is 1. The summed E-state index contributed by atoms with van der Waals surface area (Å²) in [5.41, 5.74) is 0. The molecule has 0 unspecified atom stereocenters. The molecule has 0 radical (unpaired) electrons. The quantitative estimate of drug-likeness (QED) is 0.764. The highest BCUT2D eigenvalue weighted by atomic mass is 16.5. The van der Waals surface area contributed by atoms with Crippen LogP contribution in [0, 0.1) is 17.8 Å². The number of carboxylic acid groups (broad SMARTS) is 1. The average Bonchev–Trinajstić information content (AvgIpc) is 2.43. The minimum absolute atomic E-state index is 0.300. The van der Waals surface area contributed by atoms with Crippen molar-refractivity contribution >= 4 is 5.97 Å². The molecule has 5 atom stereocenters. The van der Waals surface area contributed by atoms with Gasteiger partial charge < -0.3 is 9.84 Å². The number of rotatable bonds is 2. The number of hydrogen-bond acceptors (Lipinski definition) is 2. The van der Waals surface area contributed by atoms with Crippen LogP contribution in [0.1, 0.15) is 39.5 Å². The van der Waals surface area contributed by atoms with Gasteiger partial charge in [0.05, 0.1) is 12.2 Å². The minimum Gasteiger partial charge on any atom is -0.481 e. The van der Waals surface area contributed by atoms with Crippen LogP contribution in [-0.4, -0.2) is 23.3 Å². The summed E-state index contributed by atoms with van der Waals surface area (Å²) in [5, 5.41) is 8.90. The average molecular weight is 212 g/mol. The Bertz CT molecular complexity index is 251. The van der Waals surface area contributed by atoms with Crippen molar-refractivity contribution in [2.24, 2.45) is 17.8 Å². The van der Waals surface area contributed by atoms with Crippen molar-refractivity contribution < 1.29 is 14.6 Å². The molecule has 3 nitrogen and oxygen atoms in total. The molecule has 0 aromatic rings. The second-order valence-corrected chi connectivity index (χ2v) is 5.10. The van der Waals surface area contributed by atoms with Crippen molar-refractivity contribution in [2.45, 2.75) is 51.7 Å². The van der Waals surface area contributed by atoms with Gasteiger partial charge in [0.25, 0.3) is 0 Å². The van der Waals surface area contributed by atoms with Crippen molar-refractivity contribution in [3.63, 3.8) is 0 Å². The zero-order valence-electron chi connectivity index (χ0n) is 9.48. The van der Waals surface area contributed by atoms with Crippen LogP contribution in [0.5, 0.6) is 0 Å². The zero-order chi connectivity index (χ0) is 11.0. The van der Waals surface area contributed by atoms with Crippen molar-refractivity contribution in [2.75, 3.05) is 0 Å². The molecule has 1 saturated heterocycles. The van der Waals surface area contributed by atoms with Gasteiger partial charge >= 0.3 is 5.97 Å². The largest absolute Gasteiger partial charge is 0.481 e. The predicted molar refractivity (Wildman–Crippen MR) is 56.6 cm³/mol. The van der Waals surface area contributed by atoms with Crippen LogP contribution in [0.2, 0.25) is 0 Å². The van der Waals surface area contributed by atoms with Crippen LogP contribution in [0.25, 0.3) is 0 Å². The molecule has 0 amide bonds. The Labute approximate surface area is 90.8 Å². The Morgan fingerprint density at radius 1 is 1.40 bits per heavy atom. The fourth-order valence-electron chi connectivity index (χ4n) is 3.37. The van der Waals surface area contributed by atoms with Crippen LogP contribution in [0.3, 0.4) is 0 Å². The lowest BCUT2D eigenvalue weighted by Gasteiger charge is -2.33. The number of fused-ring (bicyclic) bond motifs is 1. The van der Waals surface area contributed by atoms with E-state index in [1.54, 1.807) is 0 Å². The fourth-order valence-corrected chi connectivity index (χ4v) is 3.37. The first-order valence-electron chi connectivity index (χ1n) is 5.97. The first kappa shape index (κ1) is 10.9. The Hall–Kier alpha value is -0.570. The van der Waals surface area contributed by atoms with Crippen LogP contribution >= 0.6 is 0 Å². The van der Waals surface area contributed by atoms with E-state index in [1.807, 2.05) is 0 Å². The van der Waals surface area contributed by atoms with Gasteiger partial charge in [0.1, 0.15) is 0 Å². The van der Waals surface area contributed by atoms with E-state index in [1.165, 1.54) is 0 Å². The highest BCUT2D eigenvalue weighted by Gasteiger charge is 2.45. The second-order valence-electron chi connectivity index (χ2n) is 5.10. The van der Waals surface area contributed by atoms with E-state index in [0.717, 1.165) is 19.3 Å². The van der Waals surface area contributed by atoms with Crippen molar-refractivity contribution in [3.05, 3.63) is 0 Å². The van der Waals surface area contributed by atoms with E-state index >= 15 is 0 Å². The Balaban J connectivity index is 2.08. The van der Waals surface area contributed by atoms with Gasteiger partial charge in [-0.1, -0.05) is 13.3 Å².